The number of carboxylic acids is 2. The van der Waals surface area contributed by atoms with Crippen molar-refractivity contribution in [3.05, 3.63) is 101 Å². The van der Waals surface area contributed by atoms with Gasteiger partial charge in [0.1, 0.15) is 42.6 Å². The predicted molar refractivity (Wildman–Crippen MR) is 269 cm³/mol. The van der Waals surface area contributed by atoms with Gasteiger partial charge in [0, 0.05) is 19.3 Å². The third-order valence-electron chi connectivity index (χ3n) is 11.6. The summed E-state index contributed by atoms with van der Waals surface area (Å²) in [5.41, 5.74) is 7.06. The first-order valence-electron chi connectivity index (χ1n) is 24.3. The minimum Gasteiger partial charge on any atom is -0.489 e. The molecule has 3 aromatic carbocycles. The maximum Gasteiger partial charge on any atom is 0.305 e. The van der Waals surface area contributed by atoms with Crippen molar-refractivity contribution in [3.63, 3.8) is 0 Å². The monoisotopic (exact) mass is 1010 g/mol. The molecule has 0 aliphatic rings. The first-order chi connectivity index (χ1) is 34.4. The summed E-state index contributed by atoms with van der Waals surface area (Å²) < 4.78 is 5.91. The second kappa shape index (κ2) is 29.0. The van der Waals surface area contributed by atoms with E-state index in [2.05, 4.69) is 31.9 Å². The number of unbranched alkanes of at least 4 members (excludes halogenated alkanes) is 1. The van der Waals surface area contributed by atoms with E-state index in [0.29, 0.717) is 29.7 Å². The van der Waals surface area contributed by atoms with E-state index in [9.17, 15) is 53.1 Å². The second-order valence-electron chi connectivity index (χ2n) is 19.4. The number of aryl methyl sites for hydroxylation is 1. The minimum absolute atomic E-state index is 0.107. The van der Waals surface area contributed by atoms with Crippen LogP contribution in [0.5, 0.6) is 5.75 Å². The van der Waals surface area contributed by atoms with E-state index in [1.807, 2.05) is 51.1 Å². The number of nitrogens with one attached hydrogen (secondary N) is 6. The van der Waals surface area contributed by atoms with Gasteiger partial charge in [-0.3, -0.25) is 47.9 Å². The highest BCUT2D eigenvalue weighted by atomic mass is 16.5. The van der Waals surface area contributed by atoms with E-state index in [0.717, 1.165) is 11.1 Å². The fourth-order valence-electron chi connectivity index (χ4n) is 7.59. The topological polar surface area (TPSA) is 319 Å². The van der Waals surface area contributed by atoms with Gasteiger partial charge in [0.2, 0.25) is 41.2 Å². The standard InChI is InChI=1S/C53H71N7O13/c1-8-9-19-37(45(66)47(54)67)56-48(68)38(26-31(2)3)59-52(72)46(53(5,6)7)60-51(71)40(28-35-18-14-13-15-32(35)4)58-49(69)39(57-50(70)41(29-44(64)65)55-42(61)24-25-43(62)63)27-33-20-22-36(23-21-33)73-30-34-16-11-10-12-17-34/h10-18,20-23,31,37-41,46H,8-9,19,24-30H2,1-7H3,(H2,54,67)(H,55,61)(H,56,68)(H,57,70)(H,58,69)(H,59,72)(H,60,71)(H,62,63)(H,64,65)/t37-,38-,39-,40-,41-,46+/m0/s1. The van der Waals surface area contributed by atoms with E-state index in [1.165, 1.54) is 0 Å². The van der Waals surface area contributed by atoms with Crippen molar-refractivity contribution in [1.82, 2.24) is 31.9 Å². The zero-order valence-electron chi connectivity index (χ0n) is 42.6. The Morgan fingerprint density at radius 2 is 1.15 bits per heavy atom. The number of carboxylic acid groups (broad SMARTS) is 2. The van der Waals surface area contributed by atoms with Crippen LogP contribution in [0.3, 0.4) is 0 Å². The summed E-state index contributed by atoms with van der Waals surface area (Å²) in [4.78, 5) is 132. The van der Waals surface area contributed by atoms with Crippen molar-refractivity contribution < 1.29 is 62.9 Å². The van der Waals surface area contributed by atoms with Crippen molar-refractivity contribution >= 4 is 59.1 Å². The highest BCUT2D eigenvalue weighted by Gasteiger charge is 2.39. The van der Waals surface area contributed by atoms with Gasteiger partial charge in [-0.25, -0.2) is 0 Å². The Morgan fingerprint density at radius 1 is 0.603 bits per heavy atom. The smallest absolute Gasteiger partial charge is 0.305 e. The number of rotatable bonds is 30. The Morgan fingerprint density at radius 3 is 1.71 bits per heavy atom. The number of ether oxygens (including phenoxy) is 1. The lowest BCUT2D eigenvalue weighted by Crippen LogP contribution is -2.62. The van der Waals surface area contributed by atoms with Crippen LogP contribution in [0, 0.1) is 18.3 Å². The molecule has 0 saturated heterocycles. The van der Waals surface area contributed by atoms with Gasteiger partial charge in [0.05, 0.1) is 18.9 Å². The lowest BCUT2D eigenvalue weighted by atomic mass is 9.85. The van der Waals surface area contributed by atoms with Crippen LogP contribution in [-0.2, 0) is 67.4 Å². The molecule has 0 aliphatic carbocycles. The summed E-state index contributed by atoms with van der Waals surface area (Å²) in [5.74, 6) is -9.92. The van der Waals surface area contributed by atoms with E-state index < -0.39 is 120 Å². The molecule has 0 heterocycles. The summed E-state index contributed by atoms with van der Waals surface area (Å²) >= 11 is 0. The average molecular weight is 1010 g/mol. The van der Waals surface area contributed by atoms with Crippen LogP contribution >= 0.6 is 0 Å². The number of ketones is 1. The predicted octanol–water partition coefficient (Wildman–Crippen LogP) is 2.94. The zero-order valence-corrected chi connectivity index (χ0v) is 42.6. The molecule has 6 atom stereocenters. The van der Waals surface area contributed by atoms with Crippen LogP contribution in [0.1, 0.15) is 109 Å². The number of hydrogen-bond acceptors (Lipinski definition) is 11. The van der Waals surface area contributed by atoms with Crippen molar-refractivity contribution in [1.29, 1.82) is 0 Å². The van der Waals surface area contributed by atoms with Crippen molar-refractivity contribution in [2.75, 3.05) is 0 Å². The zero-order chi connectivity index (χ0) is 54.4. The van der Waals surface area contributed by atoms with E-state index in [-0.39, 0.29) is 38.2 Å². The van der Waals surface area contributed by atoms with Crippen LogP contribution in [0.15, 0.2) is 78.9 Å². The number of aliphatic carboxylic acids is 2. The minimum atomic E-state index is -1.74. The Labute approximate surface area is 425 Å². The van der Waals surface area contributed by atoms with Crippen LogP contribution in [0.2, 0.25) is 0 Å². The third-order valence-corrected chi connectivity index (χ3v) is 11.6. The number of nitrogens with two attached hydrogens (primary N) is 1. The Balaban J connectivity index is 2.02. The Bertz CT molecular complexity index is 2400. The molecule has 3 rings (SSSR count). The van der Waals surface area contributed by atoms with Crippen LogP contribution < -0.4 is 42.4 Å². The number of carbonyl (C=O) groups is 10. The molecule has 7 amide bonds. The molecule has 0 fully saturated rings. The van der Waals surface area contributed by atoms with Gasteiger partial charge in [-0.05, 0) is 65.5 Å². The molecule has 3 aromatic rings. The maximum atomic E-state index is 14.7. The molecule has 0 spiro atoms. The first-order valence-corrected chi connectivity index (χ1v) is 24.3. The number of amides is 7. The number of primary amides is 1. The summed E-state index contributed by atoms with van der Waals surface area (Å²) in [6, 6.07) is 14.6. The van der Waals surface area contributed by atoms with Crippen molar-refractivity contribution in [2.45, 2.75) is 149 Å². The molecular formula is C53H71N7O13. The van der Waals surface area contributed by atoms with Crippen LogP contribution in [-0.4, -0.2) is 106 Å². The SMILES string of the molecule is CCCC[C@H](NC(=O)[C@H](CC(C)C)NC(=O)[C@@H](NC(=O)[C@H](Cc1ccccc1C)NC(=O)[C@H](Cc1ccc(OCc2ccccc2)cc1)NC(=O)[C@H](CC(=O)O)NC(=O)CCC(=O)O)C(C)(C)C)C(=O)C(N)=O. The lowest BCUT2D eigenvalue weighted by Gasteiger charge is -2.34. The summed E-state index contributed by atoms with van der Waals surface area (Å²) in [7, 11) is 0. The van der Waals surface area contributed by atoms with Crippen LogP contribution in [0.4, 0.5) is 0 Å². The average Bonchev–Trinajstić information content (AvgIpc) is 3.32. The molecule has 396 valence electrons. The number of hydrogen-bond donors (Lipinski definition) is 9. The molecule has 73 heavy (non-hydrogen) atoms. The second-order valence-corrected chi connectivity index (χ2v) is 19.4. The van der Waals surface area contributed by atoms with Gasteiger partial charge < -0.3 is 52.6 Å². The molecule has 20 nitrogen and oxygen atoms in total. The van der Waals surface area contributed by atoms with Gasteiger partial charge in [0.25, 0.3) is 5.91 Å². The normalized spacial score (nSPS) is 13.6. The maximum absolute atomic E-state index is 14.7. The lowest BCUT2D eigenvalue weighted by molar-refractivity contribution is -0.142. The van der Waals surface area contributed by atoms with Gasteiger partial charge in [-0.1, -0.05) is 121 Å². The quantitative estimate of drug-likeness (QED) is 0.0435. The molecule has 0 aliphatic heterocycles. The largest absolute Gasteiger partial charge is 0.489 e. The molecule has 0 unspecified atom stereocenters. The molecule has 0 radical (unpaired) electrons. The molecule has 0 aromatic heterocycles. The van der Waals surface area contributed by atoms with Gasteiger partial charge in [-0.15, -0.1) is 0 Å². The molecular weight excluding hydrogens is 943 g/mol. The molecule has 10 N–H and O–H groups in total. The van der Waals surface area contributed by atoms with Gasteiger partial charge >= 0.3 is 11.9 Å². The number of Topliss-reactive ketones (excluding diaryl/α,β-unsaturated/α-hetero) is 1. The van der Waals surface area contributed by atoms with E-state index in [1.54, 1.807) is 76.2 Å². The highest BCUT2D eigenvalue weighted by molar-refractivity contribution is 6.37. The Kier molecular flexibility index (Phi) is 23.7. The van der Waals surface area contributed by atoms with Crippen LogP contribution in [0.25, 0.3) is 0 Å². The van der Waals surface area contributed by atoms with Gasteiger partial charge in [-0.2, -0.15) is 0 Å². The van der Waals surface area contributed by atoms with Crippen molar-refractivity contribution in [3.8, 4) is 5.75 Å². The first kappa shape index (κ1) is 59.7. The van der Waals surface area contributed by atoms with Gasteiger partial charge in [0.15, 0.2) is 0 Å². The van der Waals surface area contributed by atoms with E-state index in [4.69, 9.17) is 15.6 Å². The fourth-order valence-corrected chi connectivity index (χ4v) is 7.59. The van der Waals surface area contributed by atoms with E-state index >= 15 is 0 Å². The molecule has 0 bridgehead atoms. The third kappa shape index (κ3) is 20.9. The molecule has 20 heteroatoms. The summed E-state index contributed by atoms with van der Waals surface area (Å²) in [6.45, 7) is 12.6. The molecule has 0 saturated carbocycles. The Hall–Kier alpha value is -7.64. The number of carbonyl (C=O) groups excluding carboxylic acids is 8. The number of benzene rings is 3. The fraction of sp³-hybridized carbons (Fsp3) is 0.472. The summed E-state index contributed by atoms with van der Waals surface area (Å²) in [6.07, 6.45) is -1.04. The highest BCUT2D eigenvalue weighted by Crippen LogP contribution is 2.22. The summed E-state index contributed by atoms with van der Waals surface area (Å²) in [5, 5.41) is 34.3. The van der Waals surface area contributed by atoms with Crippen molar-refractivity contribution in [2.24, 2.45) is 17.1 Å².